The van der Waals surface area contributed by atoms with Crippen LogP contribution in [0.2, 0.25) is 0 Å². The van der Waals surface area contributed by atoms with Crippen molar-refractivity contribution in [2.24, 2.45) is 5.73 Å². The fraction of sp³-hybridized carbons (Fsp3) is 0.438. The minimum Gasteiger partial charge on any atom is -0.370 e. The molecule has 0 spiro atoms. The average molecular weight is 406 g/mol. The molecule has 1 aliphatic heterocycles. The maximum absolute atomic E-state index is 14.3. The number of morpholine rings is 1. The highest BCUT2D eigenvalue weighted by Crippen LogP contribution is 2.24. The number of nitrogens with zero attached hydrogens (tertiary/aromatic N) is 2. The molecule has 1 fully saturated rings. The first-order chi connectivity index (χ1) is 13.0. The summed E-state index contributed by atoms with van der Waals surface area (Å²) in [6.07, 6.45) is -4.67. The van der Waals surface area contributed by atoms with Crippen molar-refractivity contribution in [2.45, 2.75) is 12.2 Å². The number of ether oxygens (including phenoxy) is 1. The lowest BCUT2D eigenvalue weighted by molar-refractivity contribution is -0.154. The maximum atomic E-state index is 14.3. The average Bonchev–Trinajstić information content (AvgIpc) is 2.55. The van der Waals surface area contributed by atoms with Gasteiger partial charge in [-0.15, -0.1) is 0 Å². The SMILES string of the molecule is CN(CC(F)(F)F)[C@H](C(N)=O)C(=O)Nc1ccc(N2CCOCC2=O)cc1F. The number of benzene rings is 1. The van der Waals surface area contributed by atoms with E-state index in [1.54, 1.807) is 0 Å². The normalized spacial score (nSPS) is 16.2. The molecule has 0 radical (unpaired) electrons. The largest absolute Gasteiger partial charge is 0.401 e. The summed E-state index contributed by atoms with van der Waals surface area (Å²) in [7, 11) is 0.895. The third-order valence-corrected chi connectivity index (χ3v) is 3.90. The van der Waals surface area contributed by atoms with Crippen molar-refractivity contribution >= 4 is 29.1 Å². The summed E-state index contributed by atoms with van der Waals surface area (Å²) in [5.41, 5.74) is 4.88. The summed E-state index contributed by atoms with van der Waals surface area (Å²) < 4.78 is 56.8. The van der Waals surface area contributed by atoms with Crippen LogP contribution >= 0.6 is 0 Å². The molecule has 0 aromatic heterocycles. The van der Waals surface area contributed by atoms with Crippen LogP contribution in [0.1, 0.15) is 0 Å². The van der Waals surface area contributed by atoms with Gasteiger partial charge in [0.05, 0.1) is 18.8 Å². The van der Waals surface area contributed by atoms with E-state index in [0.717, 1.165) is 19.2 Å². The number of rotatable bonds is 6. The molecule has 1 saturated heterocycles. The number of alkyl halides is 3. The van der Waals surface area contributed by atoms with Gasteiger partial charge in [0.1, 0.15) is 12.4 Å². The lowest BCUT2D eigenvalue weighted by atomic mass is 10.2. The number of likely N-dealkylation sites (N-methyl/N-ethyl adjacent to an activating group) is 1. The summed E-state index contributed by atoms with van der Waals surface area (Å²) in [5, 5.41) is 2.05. The zero-order valence-electron chi connectivity index (χ0n) is 14.8. The molecule has 1 aromatic rings. The Morgan fingerprint density at radius 2 is 2.07 bits per heavy atom. The highest BCUT2D eigenvalue weighted by molar-refractivity contribution is 6.09. The van der Waals surface area contributed by atoms with E-state index in [4.69, 9.17) is 10.5 Å². The number of carbonyl (C=O) groups is 3. The summed E-state index contributed by atoms with van der Waals surface area (Å²) in [6.45, 7) is -1.21. The van der Waals surface area contributed by atoms with Crippen LogP contribution < -0.4 is 16.0 Å². The van der Waals surface area contributed by atoms with Gasteiger partial charge in [-0.2, -0.15) is 13.2 Å². The molecule has 1 aromatic carbocycles. The first-order valence-electron chi connectivity index (χ1n) is 8.04. The van der Waals surface area contributed by atoms with E-state index in [1.807, 2.05) is 5.32 Å². The number of anilines is 2. The standard InChI is InChI=1S/C16H18F4N4O4/c1-23(8-16(18,19)20)13(14(21)26)15(27)22-11-3-2-9(6-10(11)17)24-4-5-28-7-12(24)25/h2-3,6,13H,4-5,7-8H2,1H3,(H2,21,26)(H,22,27)/t13-/m1/s1. The molecule has 0 bridgehead atoms. The Bertz CT molecular complexity index is 772. The summed E-state index contributed by atoms with van der Waals surface area (Å²) >= 11 is 0. The Balaban J connectivity index is 2.15. The van der Waals surface area contributed by atoms with Gasteiger partial charge in [-0.1, -0.05) is 0 Å². The second kappa shape index (κ2) is 8.52. The van der Waals surface area contributed by atoms with Gasteiger partial charge in [0.25, 0.3) is 11.8 Å². The van der Waals surface area contributed by atoms with Crippen molar-refractivity contribution in [2.75, 3.05) is 43.6 Å². The molecule has 154 valence electrons. The third-order valence-electron chi connectivity index (χ3n) is 3.90. The van der Waals surface area contributed by atoms with E-state index in [2.05, 4.69) is 0 Å². The van der Waals surface area contributed by atoms with Gasteiger partial charge < -0.3 is 20.7 Å². The molecule has 1 aliphatic rings. The lowest BCUT2D eigenvalue weighted by Crippen LogP contribution is -2.52. The zero-order chi connectivity index (χ0) is 21.1. The number of carbonyl (C=O) groups excluding carboxylic acids is 3. The van der Waals surface area contributed by atoms with Crippen LogP contribution in [0, 0.1) is 5.82 Å². The van der Waals surface area contributed by atoms with Crippen LogP contribution in [-0.4, -0.2) is 68.2 Å². The molecule has 3 amide bonds. The summed E-state index contributed by atoms with van der Waals surface area (Å²) in [6, 6.07) is 1.51. The number of amides is 3. The van der Waals surface area contributed by atoms with Crippen molar-refractivity contribution in [3.63, 3.8) is 0 Å². The van der Waals surface area contributed by atoms with Crippen LogP contribution in [0.25, 0.3) is 0 Å². The molecule has 0 saturated carbocycles. The first-order valence-corrected chi connectivity index (χ1v) is 8.04. The van der Waals surface area contributed by atoms with Crippen molar-refractivity contribution < 1.29 is 36.7 Å². The lowest BCUT2D eigenvalue weighted by Gasteiger charge is -2.27. The van der Waals surface area contributed by atoms with Crippen molar-refractivity contribution in [1.29, 1.82) is 0 Å². The van der Waals surface area contributed by atoms with Crippen LogP contribution in [0.3, 0.4) is 0 Å². The van der Waals surface area contributed by atoms with Crippen molar-refractivity contribution in [3.8, 4) is 0 Å². The molecule has 0 aliphatic carbocycles. The van der Waals surface area contributed by atoms with E-state index in [0.29, 0.717) is 4.90 Å². The molecular formula is C16H18F4N4O4. The Labute approximate surface area is 157 Å². The zero-order valence-corrected chi connectivity index (χ0v) is 14.8. The molecule has 8 nitrogen and oxygen atoms in total. The Morgan fingerprint density at radius 1 is 1.39 bits per heavy atom. The highest BCUT2D eigenvalue weighted by Gasteiger charge is 2.37. The van der Waals surface area contributed by atoms with E-state index >= 15 is 0 Å². The van der Waals surface area contributed by atoms with Gasteiger partial charge in [-0.3, -0.25) is 19.3 Å². The number of primary amides is 1. The fourth-order valence-corrected chi connectivity index (χ4v) is 2.69. The molecule has 2 rings (SSSR count). The van der Waals surface area contributed by atoms with Gasteiger partial charge in [0.2, 0.25) is 5.91 Å². The van der Waals surface area contributed by atoms with Crippen LogP contribution in [0.4, 0.5) is 28.9 Å². The first kappa shape index (κ1) is 21.6. The molecule has 1 atom stereocenters. The quantitative estimate of drug-likeness (QED) is 0.528. The van der Waals surface area contributed by atoms with Crippen LogP contribution in [0.15, 0.2) is 18.2 Å². The van der Waals surface area contributed by atoms with E-state index in [9.17, 15) is 31.9 Å². The minimum atomic E-state index is -4.67. The second-order valence-electron chi connectivity index (χ2n) is 6.09. The molecule has 12 heteroatoms. The van der Waals surface area contributed by atoms with Crippen molar-refractivity contribution in [3.05, 3.63) is 24.0 Å². The molecule has 0 unspecified atom stereocenters. The number of nitrogens with one attached hydrogen (secondary N) is 1. The summed E-state index contributed by atoms with van der Waals surface area (Å²) in [4.78, 5) is 37.1. The number of hydrogen-bond acceptors (Lipinski definition) is 5. The summed E-state index contributed by atoms with van der Waals surface area (Å²) in [5.74, 6) is -3.84. The van der Waals surface area contributed by atoms with Gasteiger partial charge in [0.15, 0.2) is 6.04 Å². The predicted octanol–water partition coefficient (Wildman–Crippen LogP) is 0.475. The maximum Gasteiger partial charge on any atom is 0.401 e. The van der Waals surface area contributed by atoms with Gasteiger partial charge >= 0.3 is 6.18 Å². The van der Waals surface area contributed by atoms with Gasteiger partial charge in [0, 0.05) is 12.2 Å². The molecule has 3 N–H and O–H groups in total. The molecule has 1 heterocycles. The number of halogens is 4. The molecular weight excluding hydrogens is 388 g/mol. The van der Waals surface area contributed by atoms with Crippen LogP contribution in [-0.2, 0) is 19.1 Å². The Kier molecular flexibility index (Phi) is 6.56. The highest BCUT2D eigenvalue weighted by atomic mass is 19.4. The topological polar surface area (TPSA) is 105 Å². The Hall–Kier alpha value is -2.73. The van der Waals surface area contributed by atoms with Gasteiger partial charge in [-0.25, -0.2) is 4.39 Å². The minimum absolute atomic E-state index is 0.147. The fourth-order valence-electron chi connectivity index (χ4n) is 2.69. The van der Waals surface area contributed by atoms with E-state index < -0.39 is 36.4 Å². The second-order valence-corrected chi connectivity index (χ2v) is 6.09. The predicted molar refractivity (Wildman–Crippen MR) is 89.9 cm³/mol. The number of hydrogen-bond donors (Lipinski definition) is 2. The van der Waals surface area contributed by atoms with E-state index in [1.165, 1.54) is 11.0 Å². The van der Waals surface area contributed by atoms with Crippen molar-refractivity contribution in [1.82, 2.24) is 4.90 Å². The monoisotopic (exact) mass is 406 g/mol. The number of nitrogens with two attached hydrogens (primary N) is 1. The van der Waals surface area contributed by atoms with E-state index in [-0.39, 0.29) is 37.0 Å². The molecule has 28 heavy (non-hydrogen) atoms. The Morgan fingerprint density at radius 3 is 2.61 bits per heavy atom. The third kappa shape index (κ3) is 5.39. The van der Waals surface area contributed by atoms with Crippen LogP contribution in [0.5, 0.6) is 0 Å². The smallest absolute Gasteiger partial charge is 0.370 e. The van der Waals surface area contributed by atoms with Gasteiger partial charge in [-0.05, 0) is 25.2 Å².